The van der Waals surface area contributed by atoms with Crippen molar-refractivity contribution in [3.63, 3.8) is 0 Å². The molecule has 6 aliphatic rings. The predicted molar refractivity (Wildman–Crippen MR) is 147 cm³/mol. The molecule has 198 valence electrons. The van der Waals surface area contributed by atoms with Crippen LogP contribution in [0.5, 0.6) is 0 Å². The van der Waals surface area contributed by atoms with Crippen LogP contribution in [0.1, 0.15) is 28.8 Å². The number of carbonyl (C=O) groups excluding carboxylic acids is 5. The Kier molecular flexibility index (Phi) is 4.88. The van der Waals surface area contributed by atoms with Crippen molar-refractivity contribution in [1.82, 2.24) is 0 Å². The first-order chi connectivity index (χ1) is 19.4. The zero-order valence-corrected chi connectivity index (χ0v) is 21.6. The summed E-state index contributed by atoms with van der Waals surface area (Å²) in [5.74, 6) is -1.51. The molecule has 4 aliphatic carbocycles. The minimum Gasteiger partial charge on any atom is -0.289 e. The van der Waals surface area contributed by atoms with Gasteiger partial charge in [-0.15, -0.1) is 0 Å². The molecule has 40 heavy (non-hydrogen) atoms. The second-order valence-electron chi connectivity index (χ2n) is 11.9. The molecule has 2 saturated heterocycles. The maximum atomic E-state index is 13.2. The SMILES string of the molecule is O=C(C=Cc1cccc(N2C(=O)C3C4C=CC(C4)C3C2=O)c1)c1cccc(N2C(=O)C3C4C=CC(C4)C3C2=O)c1. The highest BCUT2D eigenvalue weighted by Crippen LogP contribution is 2.54. The Labute approximate surface area is 230 Å². The molecule has 2 saturated carbocycles. The van der Waals surface area contributed by atoms with E-state index >= 15 is 0 Å². The minimum absolute atomic E-state index is 0.123. The van der Waals surface area contributed by atoms with E-state index in [1.54, 1.807) is 48.5 Å². The van der Waals surface area contributed by atoms with Crippen LogP contribution in [0, 0.1) is 47.3 Å². The number of anilines is 2. The Morgan fingerprint density at radius 1 is 0.625 bits per heavy atom. The fourth-order valence-corrected chi connectivity index (χ4v) is 8.15. The second-order valence-corrected chi connectivity index (χ2v) is 11.9. The van der Waals surface area contributed by atoms with Crippen molar-refractivity contribution in [1.29, 1.82) is 0 Å². The van der Waals surface area contributed by atoms with Crippen molar-refractivity contribution < 1.29 is 24.0 Å². The standard InChI is InChI=1S/C33H26N2O5/c36-25(18-4-2-6-24(16-18)35-32(39)28-21-10-11-22(15-21)29(28)33(35)40)12-7-17-3-1-5-23(13-17)34-30(37)26-19-8-9-20(14-19)27(26)31(34)38/h1-13,16,19-22,26-29H,14-15H2. The molecule has 4 fully saturated rings. The van der Waals surface area contributed by atoms with Crippen LogP contribution in [0.4, 0.5) is 11.4 Å². The number of benzene rings is 2. The summed E-state index contributed by atoms with van der Waals surface area (Å²) in [5.41, 5.74) is 1.98. The van der Waals surface area contributed by atoms with Crippen LogP contribution in [0.25, 0.3) is 6.08 Å². The molecule has 2 aliphatic heterocycles. The van der Waals surface area contributed by atoms with Crippen LogP contribution < -0.4 is 9.80 Å². The van der Waals surface area contributed by atoms with Gasteiger partial charge in [0.1, 0.15) is 0 Å². The van der Waals surface area contributed by atoms with Crippen molar-refractivity contribution >= 4 is 46.9 Å². The molecule has 8 rings (SSSR count). The third-order valence-corrected chi connectivity index (χ3v) is 9.89. The molecule has 4 amide bonds. The molecule has 4 bridgehead atoms. The van der Waals surface area contributed by atoms with Gasteiger partial charge in [0, 0.05) is 5.56 Å². The lowest BCUT2D eigenvalue weighted by Gasteiger charge is -2.18. The summed E-state index contributed by atoms with van der Waals surface area (Å²) < 4.78 is 0. The number of imide groups is 2. The number of allylic oxidation sites excluding steroid dienone is 5. The number of hydrogen-bond acceptors (Lipinski definition) is 5. The monoisotopic (exact) mass is 530 g/mol. The van der Waals surface area contributed by atoms with Gasteiger partial charge >= 0.3 is 0 Å². The van der Waals surface area contributed by atoms with E-state index in [1.165, 1.54) is 15.9 Å². The molecule has 8 atom stereocenters. The van der Waals surface area contributed by atoms with Crippen LogP contribution >= 0.6 is 0 Å². The molecule has 7 heteroatoms. The molecule has 8 unspecified atom stereocenters. The molecule has 0 N–H and O–H groups in total. The average molecular weight is 531 g/mol. The van der Waals surface area contributed by atoms with Crippen molar-refractivity contribution in [3.05, 3.63) is 90.0 Å². The van der Waals surface area contributed by atoms with E-state index in [1.807, 2.05) is 6.07 Å². The molecule has 2 heterocycles. The maximum absolute atomic E-state index is 13.2. The zero-order chi connectivity index (χ0) is 27.3. The summed E-state index contributed by atoms with van der Waals surface area (Å²) >= 11 is 0. The van der Waals surface area contributed by atoms with Gasteiger partial charge in [-0.3, -0.25) is 24.0 Å². The van der Waals surface area contributed by atoms with Gasteiger partial charge in [-0.25, -0.2) is 9.80 Å². The van der Waals surface area contributed by atoms with E-state index in [-0.39, 0.29) is 76.8 Å². The lowest BCUT2D eigenvalue weighted by Crippen LogP contribution is -2.32. The van der Waals surface area contributed by atoms with Gasteiger partial charge in [-0.05, 0) is 72.4 Å². The highest BCUT2D eigenvalue weighted by atomic mass is 16.2. The summed E-state index contributed by atoms with van der Waals surface area (Å²) in [6.45, 7) is 0. The smallest absolute Gasteiger partial charge is 0.238 e. The van der Waals surface area contributed by atoms with Crippen LogP contribution in [-0.2, 0) is 19.2 Å². The highest BCUT2D eigenvalue weighted by Gasteiger charge is 2.60. The van der Waals surface area contributed by atoms with Crippen LogP contribution in [0.15, 0.2) is 78.9 Å². The van der Waals surface area contributed by atoms with Crippen LogP contribution in [0.2, 0.25) is 0 Å². The molecule has 0 radical (unpaired) electrons. The van der Waals surface area contributed by atoms with Gasteiger partial charge in [0.05, 0.1) is 35.0 Å². The van der Waals surface area contributed by atoms with Crippen molar-refractivity contribution in [2.24, 2.45) is 47.3 Å². The van der Waals surface area contributed by atoms with Gasteiger partial charge in [-0.2, -0.15) is 0 Å². The first-order valence-electron chi connectivity index (χ1n) is 14.0. The van der Waals surface area contributed by atoms with E-state index < -0.39 is 0 Å². The van der Waals surface area contributed by atoms with Gasteiger partial charge in [0.15, 0.2) is 5.78 Å². The van der Waals surface area contributed by atoms with Gasteiger partial charge in [-0.1, -0.05) is 54.6 Å². The molecule has 2 aromatic carbocycles. The van der Waals surface area contributed by atoms with Crippen LogP contribution in [0.3, 0.4) is 0 Å². The van der Waals surface area contributed by atoms with Crippen LogP contribution in [-0.4, -0.2) is 29.4 Å². The summed E-state index contributed by atoms with van der Waals surface area (Å²) in [6, 6.07) is 13.7. The van der Waals surface area contributed by atoms with Crippen molar-refractivity contribution in [3.8, 4) is 0 Å². The number of hydrogen-bond donors (Lipinski definition) is 0. The summed E-state index contributed by atoms with van der Waals surface area (Å²) in [7, 11) is 0. The molecular formula is C33H26N2O5. The number of ketones is 1. The van der Waals surface area contributed by atoms with Crippen molar-refractivity contribution in [2.45, 2.75) is 12.8 Å². The van der Waals surface area contributed by atoms with Gasteiger partial charge in [0.25, 0.3) is 0 Å². The third-order valence-electron chi connectivity index (χ3n) is 9.89. The maximum Gasteiger partial charge on any atom is 0.238 e. The number of nitrogens with zero attached hydrogens (tertiary/aromatic N) is 2. The van der Waals surface area contributed by atoms with Gasteiger partial charge in [0.2, 0.25) is 23.6 Å². The zero-order valence-electron chi connectivity index (χ0n) is 21.6. The van der Waals surface area contributed by atoms with E-state index in [9.17, 15) is 24.0 Å². The molecule has 2 aromatic rings. The number of fused-ring (bicyclic) bond motifs is 10. The normalized spacial score (nSPS) is 34.7. The summed E-state index contributed by atoms with van der Waals surface area (Å²) in [4.78, 5) is 68.4. The third kappa shape index (κ3) is 3.14. The first-order valence-corrected chi connectivity index (χ1v) is 14.0. The fraction of sp³-hybridized carbons (Fsp3) is 0.303. The molecular weight excluding hydrogens is 504 g/mol. The second kappa shape index (κ2) is 8.31. The van der Waals surface area contributed by atoms with E-state index in [0.29, 0.717) is 22.5 Å². The van der Waals surface area contributed by atoms with Gasteiger partial charge < -0.3 is 0 Å². The molecule has 0 aromatic heterocycles. The number of rotatable bonds is 5. The largest absolute Gasteiger partial charge is 0.289 e. The average Bonchev–Trinajstić information content (AvgIpc) is 3.80. The minimum atomic E-state index is -0.297. The molecule has 7 nitrogen and oxygen atoms in total. The van der Waals surface area contributed by atoms with E-state index in [4.69, 9.17) is 0 Å². The van der Waals surface area contributed by atoms with Crippen molar-refractivity contribution in [2.75, 3.05) is 9.80 Å². The van der Waals surface area contributed by atoms with E-state index in [2.05, 4.69) is 24.3 Å². The Hall–Kier alpha value is -4.39. The lowest BCUT2D eigenvalue weighted by molar-refractivity contribution is -0.124. The Balaban J connectivity index is 1.01. The highest BCUT2D eigenvalue weighted by molar-refractivity contribution is 6.24. The Bertz CT molecular complexity index is 1570. The number of carbonyl (C=O) groups is 5. The summed E-state index contributed by atoms with van der Waals surface area (Å²) in [6.07, 6.45) is 13.1. The molecule has 0 spiro atoms. The topological polar surface area (TPSA) is 91.8 Å². The summed E-state index contributed by atoms with van der Waals surface area (Å²) in [5, 5.41) is 0. The fourth-order valence-electron chi connectivity index (χ4n) is 8.15. The first kappa shape index (κ1) is 23.5. The van der Waals surface area contributed by atoms with E-state index in [0.717, 1.165) is 12.8 Å². The quantitative estimate of drug-likeness (QED) is 0.250. The predicted octanol–water partition coefficient (Wildman–Crippen LogP) is 4.21. The Morgan fingerprint density at radius 3 is 1.57 bits per heavy atom. The number of amides is 4. The Morgan fingerprint density at radius 2 is 1.07 bits per heavy atom. The lowest BCUT2D eigenvalue weighted by atomic mass is 9.85.